The van der Waals surface area contributed by atoms with Crippen molar-refractivity contribution >= 4 is 23.2 Å². The number of anilines is 1. The summed E-state index contributed by atoms with van der Waals surface area (Å²) in [6.45, 7) is 1.74. The minimum Gasteiger partial charge on any atom is -0.381 e. The van der Waals surface area contributed by atoms with Crippen molar-refractivity contribution in [2.75, 3.05) is 18.4 Å². The third kappa shape index (κ3) is 1.91. The van der Waals surface area contributed by atoms with Crippen LogP contribution < -0.4 is 5.32 Å². The fourth-order valence-corrected chi connectivity index (χ4v) is 3.58. The van der Waals surface area contributed by atoms with E-state index in [1.807, 2.05) is 6.07 Å². The lowest BCUT2D eigenvalue weighted by Gasteiger charge is -2.35. The van der Waals surface area contributed by atoms with Gasteiger partial charge in [0, 0.05) is 41.7 Å². The molecule has 0 unspecified atom stereocenters. The second-order valence-electron chi connectivity index (χ2n) is 5.94. The van der Waals surface area contributed by atoms with E-state index in [4.69, 9.17) is 11.6 Å². The molecular formula is C15H17ClN2O. The van der Waals surface area contributed by atoms with Gasteiger partial charge in [-0.3, -0.25) is 4.79 Å². The Bertz CT molecular complexity index is 541. The molecule has 2 heterocycles. The van der Waals surface area contributed by atoms with Gasteiger partial charge < -0.3 is 10.2 Å². The highest BCUT2D eigenvalue weighted by molar-refractivity contribution is 6.30. The van der Waals surface area contributed by atoms with Gasteiger partial charge in [-0.05, 0) is 43.0 Å². The summed E-state index contributed by atoms with van der Waals surface area (Å²) in [5.74, 6) is 1.10. The zero-order valence-electron chi connectivity index (χ0n) is 10.7. The van der Waals surface area contributed by atoms with Crippen molar-refractivity contribution in [3.8, 4) is 0 Å². The van der Waals surface area contributed by atoms with Crippen LogP contribution in [0.4, 0.5) is 5.69 Å². The highest BCUT2D eigenvalue weighted by Gasteiger charge is 2.41. The maximum atomic E-state index is 12.2. The van der Waals surface area contributed by atoms with E-state index in [0.29, 0.717) is 23.8 Å². The van der Waals surface area contributed by atoms with Crippen molar-refractivity contribution in [3.05, 3.63) is 28.8 Å². The van der Waals surface area contributed by atoms with E-state index in [1.165, 1.54) is 11.3 Å². The Kier molecular flexibility index (Phi) is 2.52. The van der Waals surface area contributed by atoms with Gasteiger partial charge in [0.1, 0.15) is 0 Å². The largest absolute Gasteiger partial charge is 0.381 e. The van der Waals surface area contributed by atoms with Gasteiger partial charge in [-0.25, -0.2) is 0 Å². The summed E-state index contributed by atoms with van der Waals surface area (Å²) in [4.78, 5) is 14.3. The molecule has 1 aromatic rings. The molecule has 3 nitrogen and oxygen atoms in total. The highest BCUT2D eigenvalue weighted by atomic mass is 35.5. The summed E-state index contributed by atoms with van der Waals surface area (Å²) in [6.07, 6.45) is 3.21. The van der Waals surface area contributed by atoms with Crippen molar-refractivity contribution in [1.82, 2.24) is 4.90 Å². The van der Waals surface area contributed by atoms with Gasteiger partial charge in [-0.2, -0.15) is 0 Å². The Morgan fingerprint density at radius 1 is 1.32 bits per heavy atom. The third-order valence-corrected chi connectivity index (χ3v) is 4.84. The zero-order valence-corrected chi connectivity index (χ0v) is 11.5. The lowest BCUT2D eigenvalue weighted by atomic mass is 9.89. The van der Waals surface area contributed by atoms with Crippen molar-refractivity contribution in [2.45, 2.75) is 31.2 Å². The molecule has 1 N–H and O–H groups in total. The second kappa shape index (κ2) is 4.14. The molecule has 100 valence electrons. The highest BCUT2D eigenvalue weighted by Crippen LogP contribution is 2.42. The number of rotatable bonds is 1. The molecule has 0 bridgehead atoms. The van der Waals surface area contributed by atoms with Crippen LogP contribution in [0.2, 0.25) is 5.02 Å². The number of benzene rings is 1. The summed E-state index contributed by atoms with van der Waals surface area (Å²) >= 11 is 6.11. The van der Waals surface area contributed by atoms with Gasteiger partial charge >= 0.3 is 0 Å². The average molecular weight is 277 g/mol. The number of piperidine rings is 1. The molecule has 4 heteroatoms. The van der Waals surface area contributed by atoms with E-state index in [9.17, 15) is 4.79 Å². The van der Waals surface area contributed by atoms with Gasteiger partial charge in [0.15, 0.2) is 0 Å². The van der Waals surface area contributed by atoms with E-state index in [-0.39, 0.29) is 0 Å². The topological polar surface area (TPSA) is 32.3 Å². The first-order chi connectivity index (χ1) is 9.22. The van der Waals surface area contributed by atoms with Crippen LogP contribution in [0.1, 0.15) is 30.7 Å². The van der Waals surface area contributed by atoms with Crippen LogP contribution in [-0.4, -0.2) is 29.9 Å². The molecule has 0 aromatic heterocycles. The lowest BCUT2D eigenvalue weighted by molar-refractivity contribution is -0.133. The molecule has 0 spiro atoms. The van der Waals surface area contributed by atoms with Gasteiger partial charge in [-0.1, -0.05) is 11.6 Å². The van der Waals surface area contributed by atoms with Crippen molar-refractivity contribution in [3.63, 3.8) is 0 Å². The van der Waals surface area contributed by atoms with Gasteiger partial charge in [0.05, 0.1) is 0 Å². The van der Waals surface area contributed by atoms with Crippen LogP contribution in [0.25, 0.3) is 0 Å². The predicted molar refractivity (Wildman–Crippen MR) is 75.5 cm³/mol. The van der Waals surface area contributed by atoms with Crippen LogP contribution in [0.5, 0.6) is 0 Å². The van der Waals surface area contributed by atoms with E-state index < -0.39 is 0 Å². The summed E-state index contributed by atoms with van der Waals surface area (Å²) in [7, 11) is 0. The van der Waals surface area contributed by atoms with Crippen LogP contribution in [0.15, 0.2) is 18.2 Å². The first kappa shape index (κ1) is 11.6. The normalized spacial score (nSPS) is 28.6. The van der Waals surface area contributed by atoms with Gasteiger partial charge in [-0.15, -0.1) is 0 Å². The van der Waals surface area contributed by atoms with Crippen LogP contribution in [-0.2, 0) is 4.79 Å². The van der Waals surface area contributed by atoms with E-state index in [1.54, 1.807) is 0 Å². The number of halogens is 1. The van der Waals surface area contributed by atoms with Gasteiger partial charge in [0.25, 0.3) is 0 Å². The quantitative estimate of drug-likeness (QED) is 0.855. The fraction of sp³-hybridized carbons (Fsp3) is 0.533. The molecule has 2 fully saturated rings. The number of hydrogen-bond donors (Lipinski definition) is 1. The number of carbonyl (C=O) groups excluding carboxylic acids is 1. The first-order valence-electron chi connectivity index (χ1n) is 7.07. The van der Waals surface area contributed by atoms with Crippen molar-refractivity contribution in [1.29, 1.82) is 0 Å². The van der Waals surface area contributed by atoms with Crippen LogP contribution in [0, 0.1) is 5.92 Å². The fourth-order valence-electron chi connectivity index (χ4n) is 3.40. The molecule has 1 aliphatic carbocycles. The maximum Gasteiger partial charge on any atom is 0.225 e. The number of fused-ring (bicyclic) bond motifs is 3. The molecule has 1 aromatic carbocycles. The SMILES string of the molecule is O=C(C1CC1)N1CC[C@H]2Nc3ccc(Cl)cc3[C@@H]2C1. The Labute approximate surface area is 117 Å². The lowest BCUT2D eigenvalue weighted by Crippen LogP contribution is -2.45. The van der Waals surface area contributed by atoms with E-state index in [0.717, 1.165) is 37.4 Å². The molecule has 4 rings (SSSR count). The predicted octanol–water partition coefficient (Wildman–Crippen LogP) is 2.86. The number of amides is 1. The maximum absolute atomic E-state index is 12.2. The van der Waals surface area contributed by atoms with Crippen molar-refractivity contribution in [2.24, 2.45) is 5.92 Å². The Morgan fingerprint density at radius 2 is 2.16 bits per heavy atom. The molecule has 2 aliphatic heterocycles. The second-order valence-corrected chi connectivity index (χ2v) is 6.37. The van der Waals surface area contributed by atoms with E-state index in [2.05, 4.69) is 22.3 Å². The monoisotopic (exact) mass is 276 g/mol. The third-order valence-electron chi connectivity index (χ3n) is 4.61. The first-order valence-corrected chi connectivity index (χ1v) is 7.45. The summed E-state index contributed by atoms with van der Waals surface area (Å²) in [5, 5.41) is 4.36. The molecule has 1 saturated heterocycles. The minimum atomic E-state index is 0.324. The molecule has 1 saturated carbocycles. The minimum absolute atomic E-state index is 0.324. The Hall–Kier alpha value is -1.22. The summed E-state index contributed by atoms with van der Waals surface area (Å²) in [5.41, 5.74) is 2.48. The summed E-state index contributed by atoms with van der Waals surface area (Å²) in [6, 6.07) is 6.51. The van der Waals surface area contributed by atoms with Gasteiger partial charge in [0.2, 0.25) is 5.91 Å². The number of hydrogen-bond acceptors (Lipinski definition) is 2. The number of carbonyl (C=O) groups is 1. The summed E-state index contributed by atoms with van der Waals surface area (Å²) < 4.78 is 0. The standard InChI is InChI=1S/C15H17ClN2O/c16-10-3-4-13-11(7-10)12-8-18(6-5-14(12)17-13)15(19)9-1-2-9/h3-4,7,9,12,14,17H,1-2,5-6,8H2/t12-,14+/m0/s1. The van der Waals surface area contributed by atoms with E-state index >= 15 is 0 Å². The van der Waals surface area contributed by atoms with Crippen LogP contribution in [0.3, 0.4) is 0 Å². The number of likely N-dealkylation sites (tertiary alicyclic amines) is 1. The zero-order chi connectivity index (χ0) is 13.0. The smallest absolute Gasteiger partial charge is 0.225 e. The number of nitrogens with zero attached hydrogens (tertiary/aromatic N) is 1. The Balaban J connectivity index is 1.59. The Morgan fingerprint density at radius 3 is 2.95 bits per heavy atom. The number of nitrogens with one attached hydrogen (secondary N) is 1. The molecule has 0 radical (unpaired) electrons. The molecular weight excluding hydrogens is 260 g/mol. The molecule has 19 heavy (non-hydrogen) atoms. The molecule has 1 amide bonds. The molecule has 3 aliphatic rings. The van der Waals surface area contributed by atoms with Crippen LogP contribution >= 0.6 is 11.6 Å². The molecule has 2 atom stereocenters. The average Bonchev–Trinajstić information content (AvgIpc) is 3.20. The van der Waals surface area contributed by atoms with Crippen molar-refractivity contribution < 1.29 is 4.79 Å².